The molecule has 168 valence electrons. The van der Waals surface area contributed by atoms with E-state index in [2.05, 4.69) is 47.8 Å². The maximum Gasteiger partial charge on any atom is 0.152 e. The van der Waals surface area contributed by atoms with Crippen LogP contribution in [0.15, 0.2) is 18.2 Å². The second kappa shape index (κ2) is 9.86. The highest BCUT2D eigenvalue weighted by Crippen LogP contribution is 2.32. The summed E-state index contributed by atoms with van der Waals surface area (Å²) in [6.45, 7) is 10.7. The molecule has 0 aliphatic carbocycles. The van der Waals surface area contributed by atoms with Crippen molar-refractivity contribution in [3.63, 3.8) is 0 Å². The maximum absolute atomic E-state index is 6.38. The molecule has 31 heavy (non-hydrogen) atoms. The molecule has 0 spiro atoms. The molecule has 2 aromatic heterocycles. The number of nitrogens with zero attached hydrogens (tertiary/aromatic N) is 3. The van der Waals surface area contributed by atoms with Crippen LogP contribution in [-0.4, -0.2) is 34.2 Å². The van der Waals surface area contributed by atoms with Gasteiger partial charge in [-0.1, -0.05) is 27.2 Å². The fourth-order valence-corrected chi connectivity index (χ4v) is 4.59. The lowest BCUT2D eigenvalue weighted by atomic mass is 9.95. The number of aromatic nitrogens is 3. The normalized spacial score (nSPS) is 16.2. The van der Waals surface area contributed by atoms with Crippen LogP contribution in [0.3, 0.4) is 0 Å². The number of fused-ring (bicyclic) bond motifs is 3. The molecular formula is C25H37N5O. The van der Waals surface area contributed by atoms with Gasteiger partial charge in [-0.15, -0.1) is 0 Å². The summed E-state index contributed by atoms with van der Waals surface area (Å²) in [6, 6.07) is 6.24. The highest BCUT2D eigenvalue weighted by atomic mass is 16.5. The van der Waals surface area contributed by atoms with Crippen LogP contribution in [0, 0.1) is 11.8 Å². The van der Waals surface area contributed by atoms with E-state index in [1.165, 1.54) is 12.8 Å². The van der Waals surface area contributed by atoms with E-state index >= 15 is 0 Å². The van der Waals surface area contributed by atoms with E-state index in [4.69, 9.17) is 15.5 Å². The Morgan fingerprint density at radius 2 is 2.03 bits per heavy atom. The fourth-order valence-electron chi connectivity index (χ4n) is 4.59. The van der Waals surface area contributed by atoms with Crippen LogP contribution in [0.1, 0.15) is 58.7 Å². The third-order valence-electron chi connectivity index (χ3n) is 6.67. The van der Waals surface area contributed by atoms with Crippen molar-refractivity contribution in [1.29, 1.82) is 0 Å². The second-order valence-corrected chi connectivity index (χ2v) is 9.11. The average Bonchev–Trinajstić information content (AvgIpc) is 3.13. The monoisotopic (exact) mass is 423 g/mol. The summed E-state index contributed by atoms with van der Waals surface area (Å²) in [4.78, 5) is 9.59. The van der Waals surface area contributed by atoms with E-state index in [0.717, 1.165) is 91.4 Å². The van der Waals surface area contributed by atoms with Crippen molar-refractivity contribution >= 4 is 27.8 Å². The summed E-state index contributed by atoms with van der Waals surface area (Å²) in [5, 5.41) is 4.53. The van der Waals surface area contributed by atoms with Crippen LogP contribution in [0.25, 0.3) is 21.9 Å². The Morgan fingerprint density at radius 1 is 1.23 bits per heavy atom. The van der Waals surface area contributed by atoms with Gasteiger partial charge in [-0.3, -0.25) is 0 Å². The lowest BCUT2D eigenvalue weighted by Crippen LogP contribution is -2.28. The Labute approximate surface area is 185 Å². The largest absolute Gasteiger partial charge is 0.494 e. The van der Waals surface area contributed by atoms with E-state index in [1.807, 2.05) is 6.07 Å². The number of nitrogens with two attached hydrogens (primary N) is 1. The minimum absolute atomic E-state index is 0.509. The number of imidazole rings is 1. The van der Waals surface area contributed by atoms with Crippen molar-refractivity contribution in [1.82, 2.24) is 19.9 Å². The zero-order valence-electron chi connectivity index (χ0n) is 19.3. The molecule has 1 saturated heterocycles. The lowest BCUT2D eigenvalue weighted by Gasteiger charge is -2.22. The predicted octanol–water partition coefficient (Wildman–Crippen LogP) is 4.93. The number of hydrogen-bond donors (Lipinski definition) is 2. The number of anilines is 1. The van der Waals surface area contributed by atoms with E-state index in [-0.39, 0.29) is 0 Å². The first kappa shape index (κ1) is 21.9. The number of aryl methyl sites for hydroxylation is 1. The third kappa shape index (κ3) is 4.79. The van der Waals surface area contributed by atoms with Gasteiger partial charge in [-0.05, 0) is 62.7 Å². The maximum atomic E-state index is 6.38. The molecule has 1 aliphatic rings. The number of pyridine rings is 1. The first-order valence-electron chi connectivity index (χ1n) is 12.0. The molecule has 1 unspecified atom stereocenters. The molecule has 3 heterocycles. The Balaban J connectivity index is 1.64. The summed E-state index contributed by atoms with van der Waals surface area (Å²) >= 11 is 0. The first-order chi connectivity index (χ1) is 15.1. The molecule has 0 saturated carbocycles. The number of benzene rings is 1. The van der Waals surface area contributed by atoms with Crippen LogP contribution < -0.4 is 15.8 Å². The first-order valence-corrected chi connectivity index (χ1v) is 12.0. The standard InChI is InChI=1S/C25H37N5O/c1-4-6-22-29-23-24(30(22)16-17(3)5-2)20-8-7-19(15-21(20)28-25(23)26)31-14-11-18-9-12-27-13-10-18/h7-8,15,17-18,27H,4-6,9-14,16H2,1-3H3,(H2,26,28). The van der Waals surface area contributed by atoms with Gasteiger partial charge in [0.1, 0.15) is 17.1 Å². The third-order valence-corrected chi connectivity index (χ3v) is 6.67. The number of hydrogen-bond acceptors (Lipinski definition) is 5. The Bertz CT molecular complexity index is 1020. The van der Waals surface area contributed by atoms with Gasteiger partial charge in [0.2, 0.25) is 0 Å². The average molecular weight is 424 g/mol. The SMILES string of the molecule is CCCc1nc2c(N)nc3cc(OCCC4CCNCC4)ccc3c2n1CC(C)CC. The molecule has 3 N–H and O–H groups in total. The molecule has 4 rings (SSSR count). The number of ether oxygens (including phenoxy) is 1. The van der Waals surface area contributed by atoms with Crippen LogP contribution in [0.5, 0.6) is 5.75 Å². The van der Waals surface area contributed by atoms with Crippen molar-refractivity contribution in [2.24, 2.45) is 11.8 Å². The molecule has 6 nitrogen and oxygen atoms in total. The van der Waals surface area contributed by atoms with Gasteiger partial charge in [0.25, 0.3) is 0 Å². The number of nitrogens with one attached hydrogen (secondary N) is 1. The predicted molar refractivity (Wildman–Crippen MR) is 129 cm³/mol. The summed E-state index contributed by atoms with van der Waals surface area (Å²) in [5.74, 6) is 3.84. The van der Waals surface area contributed by atoms with Crippen molar-refractivity contribution in [3.05, 3.63) is 24.0 Å². The topological polar surface area (TPSA) is 78.0 Å². The minimum Gasteiger partial charge on any atom is -0.494 e. The van der Waals surface area contributed by atoms with Crippen molar-refractivity contribution in [3.8, 4) is 5.75 Å². The quantitative estimate of drug-likeness (QED) is 0.510. The molecule has 1 fully saturated rings. The zero-order chi connectivity index (χ0) is 21.8. The van der Waals surface area contributed by atoms with Crippen molar-refractivity contribution < 1.29 is 4.74 Å². The molecule has 0 amide bonds. The summed E-state index contributed by atoms with van der Waals surface area (Å²) in [5.41, 5.74) is 9.22. The molecule has 1 atom stereocenters. The molecule has 3 aromatic rings. The van der Waals surface area contributed by atoms with E-state index in [9.17, 15) is 0 Å². The van der Waals surface area contributed by atoms with Gasteiger partial charge < -0.3 is 20.4 Å². The molecule has 6 heteroatoms. The Morgan fingerprint density at radius 3 is 2.77 bits per heavy atom. The van der Waals surface area contributed by atoms with E-state index in [1.54, 1.807) is 0 Å². The fraction of sp³-hybridized carbons (Fsp3) is 0.600. The van der Waals surface area contributed by atoms with Crippen LogP contribution in [0.2, 0.25) is 0 Å². The van der Waals surface area contributed by atoms with Crippen LogP contribution in [0.4, 0.5) is 5.82 Å². The van der Waals surface area contributed by atoms with Gasteiger partial charge >= 0.3 is 0 Å². The highest BCUT2D eigenvalue weighted by molar-refractivity contribution is 6.06. The zero-order valence-corrected chi connectivity index (χ0v) is 19.3. The molecule has 0 radical (unpaired) electrons. The number of rotatable bonds is 9. The van der Waals surface area contributed by atoms with Crippen molar-refractivity contribution in [2.45, 2.75) is 65.8 Å². The smallest absolute Gasteiger partial charge is 0.152 e. The number of nitrogen functional groups attached to an aromatic ring is 1. The summed E-state index contributed by atoms with van der Waals surface area (Å²) in [6.07, 6.45) is 6.75. The Kier molecular flexibility index (Phi) is 6.96. The van der Waals surface area contributed by atoms with Gasteiger partial charge in [-0.2, -0.15) is 0 Å². The highest BCUT2D eigenvalue weighted by Gasteiger charge is 2.19. The van der Waals surface area contributed by atoms with Gasteiger partial charge in [0, 0.05) is 24.4 Å². The molecule has 1 aromatic carbocycles. The lowest BCUT2D eigenvalue weighted by molar-refractivity contribution is 0.252. The van der Waals surface area contributed by atoms with Crippen molar-refractivity contribution in [2.75, 3.05) is 25.4 Å². The minimum atomic E-state index is 0.509. The molecule has 1 aliphatic heterocycles. The second-order valence-electron chi connectivity index (χ2n) is 9.11. The van der Waals surface area contributed by atoms with Crippen LogP contribution in [-0.2, 0) is 13.0 Å². The van der Waals surface area contributed by atoms with Crippen LogP contribution >= 0.6 is 0 Å². The summed E-state index contributed by atoms with van der Waals surface area (Å²) < 4.78 is 8.48. The van der Waals surface area contributed by atoms with Gasteiger partial charge in [-0.25, -0.2) is 9.97 Å². The van der Waals surface area contributed by atoms with E-state index < -0.39 is 0 Å². The molecule has 0 bridgehead atoms. The molecular weight excluding hydrogens is 386 g/mol. The van der Waals surface area contributed by atoms with E-state index in [0.29, 0.717) is 11.7 Å². The summed E-state index contributed by atoms with van der Waals surface area (Å²) in [7, 11) is 0. The number of piperidine rings is 1. The van der Waals surface area contributed by atoms with Gasteiger partial charge in [0.05, 0.1) is 17.6 Å². The Hall–Kier alpha value is -2.34. The van der Waals surface area contributed by atoms with Gasteiger partial charge in [0.15, 0.2) is 5.82 Å².